The van der Waals surface area contributed by atoms with Gasteiger partial charge in [-0.2, -0.15) is 0 Å². The van der Waals surface area contributed by atoms with Crippen molar-refractivity contribution in [2.45, 2.75) is 20.3 Å². The summed E-state index contributed by atoms with van der Waals surface area (Å²) >= 11 is 5.89. The molecule has 0 bridgehead atoms. The molecule has 0 aliphatic rings. The van der Waals surface area contributed by atoms with Gasteiger partial charge in [-0.15, -0.1) is 0 Å². The van der Waals surface area contributed by atoms with E-state index in [2.05, 4.69) is 12.2 Å². The molecule has 0 radical (unpaired) electrons. The number of furan rings is 1. The fourth-order valence-corrected chi connectivity index (χ4v) is 2.73. The fraction of sp³-hybridized carbons (Fsp3) is 0.150. The van der Waals surface area contributed by atoms with E-state index in [4.69, 9.17) is 16.0 Å². The number of carbonyl (C=O) groups is 1. The van der Waals surface area contributed by atoms with Gasteiger partial charge >= 0.3 is 0 Å². The predicted octanol–water partition coefficient (Wildman–Crippen LogP) is 5.72. The topological polar surface area (TPSA) is 42.2 Å². The molecule has 24 heavy (non-hydrogen) atoms. The lowest BCUT2D eigenvalue weighted by atomic mass is 10.1. The van der Waals surface area contributed by atoms with Crippen LogP contribution in [0, 0.1) is 6.92 Å². The number of hydrogen-bond donors (Lipinski definition) is 1. The normalized spacial score (nSPS) is 10.6. The molecule has 122 valence electrons. The lowest BCUT2D eigenvalue weighted by molar-refractivity contribution is 0.0997. The van der Waals surface area contributed by atoms with E-state index >= 15 is 0 Å². The molecule has 0 saturated carbocycles. The van der Waals surface area contributed by atoms with Crippen LogP contribution in [-0.2, 0) is 6.42 Å². The van der Waals surface area contributed by atoms with Crippen molar-refractivity contribution in [2.75, 3.05) is 5.32 Å². The first-order valence-electron chi connectivity index (χ1n) is 7.84. The quantitative estimate of drug-likeness (QED) is 0.660. The zero-order chi connectivity index (χ0) is 17.1. The van der Waals surface area contributed by atoms with Gasteiger partial charge in [0.15, 0.2) is 5.76 Å². The van der Waals surface area contributed by atoms with Crippen molar-refractivity contribution >= 4 is 23.2 Å². The molecule has 3 rings (SSSR count). The Morgan fingerprint density at radius 1 is 1.08 bits per heavy atom. The second-order valence-electron chi connectivity index (χ2n) is 5.59. The third kappa shape index (κ3) is 3.36. The maximum Gasteiger partial charge on any atom is 0.291 e. The number of para-hydroxylation sites is 1. The molecule has 1 heterocycles. The Balaban J connectivity index is 1.83. The van der Waals surface area contributed by atoms with Crippen LogP contribution in [0.4, 0.5) is 5.69 Å². The highest BCUT2D eigenvalue weighted by atomic mass is 35.5. The molecule has 2 aromatic carbocycles. The Morgan fingerprint density at radius 2 is 1.83 bits per heavy atom. The van der Waals surface area contributed by atoms with Crippen LogP contribution in [0.15, 0.2) is 59.0 Å². The van der Waals surface area contributed by atoms with Gasteiger partial charge in [-0.05, 0) is 60.9 Å². The number of benzene rings is 2. The molecule has 0 saturated heterocycles. The summed E-state index contributed by atoms with van der Waals surface area (Å²) in [6, 6.07) is 16.8. The number of halogens is 1. The van der Waals surface area contributed by atoms with Gasteiger partial charge in [0.05, 0.1) is 0 Å². The molecule has 1 N–H and O–H groups in total. The Hall–Kier alpha value is -2.52. The molecule has 0 atom stereocenters. The van der Waals surface area contributed by atoms with Crippen LogP contribution in [0.25, 0.3) is 11.3 Å². The van der Waals surface area contributed by atoms with Crippen LogP contribution in [0.1, 0.15) is 28.6 Å². The number of aryl methyl sites for hydroxylation is 2. The molecule has 0 fully saturated rings. The summed E-state index contributed by atoms with van der Waals surface area (Å²) in [4.78, 5) is 12.5. The zero-order valence-corrected chi connectivity index (χ0v) is 14.4. The molecule has 0 aliphatic heterocycles. The molecule has 1 amide bonds. The lowest BCUT2D eigenvalue weighted by Crippen LogP contribution is -2.13. The van der Waals surface area contributed by atoms with E-state index in [1.165, 1.54) is 0 Å². The van der Waals surface area contributed by atoms with Crippen molar-refractivity contribution in [3.05, 3.63) is 76.5 Å². The maximum atomic E-state index is 12.5. The summed E-state index contributed by atoms with van der Waals surface area (Å²) in [5, 5.41) is 3.63. The molecule has 3 aromatic rings. The van der Waals surface area contributed by atoms with Gasteiger partial charge in [0.25, 0.3) is 5.91 Å². The van der Waals surface area contributed by atoms with Crippen molar-refractivity contribution in [1.29, 1.82) is 0 Å². The third-order valence-electron chi connectivity index (χ3n) is 3.94. The highest BCUT2D eigenvalue weighted by Crippen LogP contribution is 2.26. The SMILES string of the molecule is CCc1cccc(C)c1NC(=O)c1ccc(-c2ccc(Cl)cc2)o1. The van der Waals surface area contributed by atoms with Gasteiger partial charge in [-0.3, -0.25) is 4.79 Å². The third-order valence-corrected chi connectivity index (χ3v) is 4.19. The van der Waals surface area contributed by atoms with E-state index in [0.717, 1.165) is 28.8 Å². The van der Waals surface area contributed by atoms with E-state index in [1.54, 1.807) is 24.3 Å². The van der Waals surface area contributed by atoms with E-state index in [0.29, 0.717) is 10.8 Å². The molecule has 4 heteroatoms. The largest absolute Gasteiger partial charge is 0.451 e. The first-order chi connectivity index (χ1) is 11.6. The van der Waals surface area contributed by atoms with Gasteiger partial charge in [0, 0.05) is 16.3 Å². The zero-order valence-electron chi connectivity index (χ0n) is 13.6. The number of carbonyl (C=O) groups excluding carboxylic acids is 1. The van der Waals surface area contributed by atoms with E-state index in [1.807, 2.05) is 37.3 Å². The first-order valence-corrected chi connectivity index (χ1v) is 8.22. The highest BCUT2D eigenvalue weighted by Gasteiger charge is 2.15. The summed E-state index contributed by atoms with van der Waals surface area (Å²) < 4.78 is 5.70. The van der Waals surface area contributed by atoms with Crippen LogP contribution >= 0.6 is 11.6 Å². The smallest absolute Gasteiger partial charge is 0.291 e. The van der Waals surface area contributed by atoms with E-state index in [9.17, 15) is 4.79 Å². The minimum absolute atomic E-state index is 0.251. The van der Waals surface area contributed by atoms with Gasteiger partial charge in [0.1, 0.15) is 5.76 Å². The van der Waals surface area contributed by atoms with Crippen LogP contribution in [0.2, 0.25) is 5.02 Å². The van der Waals surface area contributed by atoms with Crippen molar-refractivity contribution < 1.29 is 9.21 Å². The Kier molecular flexibility index (Phi) is 4.72. The summed E-state index contributed by atoms with van der Waals surface area (Å²) in [6.07, 6.45) is 0.853. The second-order valence-corrected chi connectivity index (χ2v) is 6.02. The number of nitrogens with one attached hydrogen (secondary N) is 1. The van der Waals surface area contributed by atoms with Crippen molar-refractivity contribution in [1.82, 2.24) is 0 Å². The standard InChI is InChI=1S/C20H18ClNO2/c1-3-14-6-4-5-13(2)19(14)22-20(23)18-12-11-17(24-18)15-7-9-16(21)10-8-15/h4-12H,3H2,1-2H3,(H,22,23). The van der Waals surface area contributed by atoms with Gasteiger partial charge in [0.2, 0.25) is 0 Å². The lowest BCUT2D eigenvalue weighted by Gasteiger charge is -2.11. The minimum Gasteiger partial charge on any atom is -0.451 e. The van der Waals surface area contributed by atoms with Crippen LogP contribution in [0.5, 0.6) is 0 Å². The molecule has 0 spiro atoms. The van der Waals surface area contributed by atoms with Gasteiger partial charge in [-0.1, -0.05) is 36.7 Å². The van der Waals surface area contributed by atoms with Gasteiger partial charge < -0.3 is 9.73 Å². The molecular weight excluding hydrogens is 322 g/mol. The Labute approximate surface area is 146 Å². The maximum absolute atomic E-state index is 12.5. The average molecular weight is 340 g/mol. The van der Waals surface area contributed by atoms with Crippen LogP contribution in [-0.4, -0.2) is 5.91 Å². The molecular formula is C20H18ClNO2. The number of amides is 1. The summed E-state index contributed by atoms with van der Waals surface area (Å²) in [5.41, 5.74) is 3.87. The fourth-order valence-electron chi connectivity index (χ4n) is 2.61. The van der Waals surface area contributed by atoms with Crippen molar-refractivity contribution in [3.8, 4) is 11.3 Å². The molecule has 3 nitrogen and oxygen atoms in total. The summed E-state index contributed by atoms with van der Waals surface area (Å²) in [5.74, 6) is 0.668. The first kappa shape index (κ1) is 16.3. The highest BCUT2D eigenvalue weighted by molar-refractivity contribution is 6.30. The summed E-state index contributed by atoms with van der Waals surface area (Å²) in [7, 11) is 0. The number of hydrogen-bond acceptors (Lipinski definition) is 2. The number of rotatable bonds is 4. The summed E-state index contributed by atoms with van der Waals surface area (Å²) in [6.45, 7) is 4.05. The van der Waals surface area contributed by atoms with E-state index in [-0.39, 0.29) is 11.7 Å². The van der Waals surface area contributed by atoms with Crippen molar-refractivity contribution in [2.24, 2.45) is 0 Å². The second kappa shape index (κ2) is 6.93. The molecule has 0 aliphatic carbocycles. The van der Waals surface area contributed by atoms with Crippen LogP contribution in [0.3, 0.4) is 0 Å². The number of anilines is 1. The minimum atomic E-state index is -0.251. The molecule has 1 aromatic heterocycles. The molecule has 0 unspecified atom stereocenters. The predicted molar refractivity (Wildman–Crippen MR) is 97.7 cm³/mol. The van der Waals surface area contributed by atoms with Crippen molar-refractivity contribution in [3.63, 3.8) is 0 Å². The Bertz CT molecular complexity index is 866. The van der Waals surface area contributed by atoms with Crippen LogP contribution < -0.4 is 5.32 Å². The van der Waals surface area contributed by atoms with Gasteiger partial charge in [-0.25, -0.2) is 0 Å². The monoisotopic (exact) mass is 339 g/mol. The van der Waals surface area contributed by atoms with E-state index < -0.39 is 0 Å². The Morgan fingerprint density at radius 3 is 2.54 bits per heavy atom. The average Bonchev–Trinajstić information content (AvgIpc) is 3.07.